The van der Waals surface area contributed by atoms with E-state index in [4.69, 9.17) is 25.3 Å². The molecule has 0 N–H and O–H groups in total. The molecule has 0 radical (unpaired) electrons. The number of hydrogen-bond donors (Lipinski definition) is 0. The first-order chi connectivity index (χ1) is 11.7. The molecular formula is C15H14ClNO7S. The lowest BCUT2D eigenvalue weighted by Gasteiger charge is -2.11. The zero-order chi connectivity index (χ0) is 18.8. The SMILES string of the molecule is COc1cc(OC)cc(OS(=O)(=O)c2cc(Cl)c(C)c([N+](=O)[O-])c2)c1. The molecular weight excluding hydrogens is 374 g/mol. The minimum atomic E-state index is -4.36. The van der Waals surface area contributed by atoms with Gasteiger partial charge in [-0.2, -0.15) is 8.42 Å². The van der Waals surface area contributed by atoms with E-state index in [-0.39, 0.29) is 16.3 Å². The van der Waals surface area contributed by atoms with Gasteiger partial charge in [0.25, 0.3) is 5.69 Å². The van der Waals surface area contributed by atoms with Crippen molar-refractivity contribution in [2.45, 2.75) is 11.8 Å². The summed E-state index contributed by atoms with van der Waals surface area (Å²) in [7, 11) is -1.56. The Morgan fingerprint density at radius 3 is 2.00 bits per heavy atom. The van der Waals surface area contributed by atoms with Crippen molar-refractivity contribution < 1.29 is 27.0 Å². The summed E-state index contributed by atoms with van der Waals surface area (Å²) in [6.07, 6.45) is 0. The molecule has 0 saturated heterocycles. The van der Waals surface area contributed by atoms with Gasteiger partial charge >= 0.3 is 10.1 Å². The zero-order valence-corrected chi connectivity index (χ0v) is 15.1. The molecule has 0 aliphatic heterocycles. The third-order valence-electron chi connectivity index (χ3n) is 3.31. The number of rotatable bonds is 6. The summed E-state index contributed by atoms with van der Waals surface area (Å²) in [5.74, 6) is 0.561. The lowest BCUT2D eigenvalue weighted by atomic mass is 10.2. The van der Waals surface area contributed by atoms with E-state index in [0.29, 0.717) is 11.5 Å². The molecule has 2 aromatic rings. The Labute approximate surface area is 149 Å². The van der Waals surface area contributed by atoms with Gasteiger partial charge in [0, 0.05) is 29.8 Å². The average Bonchev–Trinajstić information content (AvgIpc) is 2.55. The predicted molar refractivity (Wildman–Crippen MR) is 90.2 cm³/mol. The van der Waals surface area contributed by atoms with Gasteiger partial charge in [-0.25, -0.2) is 0 Å². The number of hydrogen-bond acceptors (Lipinski definition) is 7. The van der Waals surface area contributed by atoms with E-state index < -0.39 is 25.6 Å². The Bertz CT molecular complexity index is 905. The maximum Gasteiger partial charge on any atom is 0.339 e. The number of nitrogens with zero attached hydrogens (tertiary/aromatic N) is 1. The van der Waals surface area contributed by atoms with Crippen LogP contribution in [0.5, 0.6) is 17.2 Å². The van der Waals surface area contributed by atoms with E-state index in [0.717, 1.165) is 12.1 Å². The molecule has 0 heterocycles. The lowest BCUT2D eigenvalue weighted by Crippen LogP contribution is -2.11. The number of nitro groups is 1. The number of nitro benzene ring substituents is 1. The van der Waals surface area contributed by atoms with Gasteiger partial charge in [0.05, 0.1) is 24.2 Å². The van der Waals surface area contributed by atoms with E-state index in [2.05, 4.69) is 0 Å². The Morgan fingerprint density at radius 1 is 1.00 bits per heavy atom. The summed E-state index contributed by atoms with van der Waals surface area (Å²) in [4.78, 5) is 9.91. The second kappa shape index (κ2) is 7.16. The molecule has 0 amide bonds. The fourth-order valence-electron chi connectivity index (χ4n) is 1.98. The summed E-state index contributed by atoms with van der Waals surface area (Å²) in [5.41, 5.74) is -0.258. The smallest absolute Gasteiger partial charge is 0.339 e. The van der Waals surface area contributed by atoms with Crippen molar-refractivity contribution in [3.05, 3.63) is 51.0 Å². The van der Waals surface area contributed by atoms with Crippen molar-refractivity contribution in [3.63, 3.8) is 0 Å². The molecule has 0 bridgehead atoms. The van der Waals surface area contributed by atoms with Crippen LogP contribution in [-0.4, -0.2) is 27.6 Å². The highest BCUT2D eigenvalue weighted by atomic mass is 35.5. The van der Waals surface area contributed by atoms with Crippen LogP contribution in [0.1, 0.15) is 5.56 Å². The second-order valence-corrected chi connectivity index (χ2v) is 6.85. The molecule has 0 aliphatic rings. The molecule has 0 spiro atoms. The van der Waals surface area contributed by atoms with Crippen molar-refractivity contribution in [2.24, 2.45) is 0 Å². The molecule has 0 saturated carbocycles. The summed E-state index contributed by atoms with van der Waals surface area (Å²) in [5, 5.41) is 11.0. The standard InChI is InChI=1S/C15H14ClNO7S/c1-9-14(16)7-13(8-15(9)17(18)19)25(20,21)24-12-5-10(22-2)4-11(6-12)23-3/h4-8H,1-3H3. The molecule has 134 valence electrons. The van der Waals surface area contributed by atoms with Gasteiger partial charge in [0.2, 0.25) is 0 Å². The van der Waals surface area contributed by atoms with E-state index in [1.165, 1.54) is 39.3 Å². The maximum atomic E-state index is 12.5. The number of halogens is 1. The normalized spacial score (nSPS) is 11.0. The molecule has 0 atom stereocenters. The molecule has 10 heteroatoms. The minimum absolute atomic E-state index is 0.0559. The van der Waals surface area contributed by atoms with Crippen LogP contribution in [0.2, 0.25) is 5.02 Å². The summed E-state index contributed by atoms with van der Waals surface area (Å²) < 4.78 is 40.0. The number of benzene rings is 2. The zero-order valence-electron chi connectivity index (χ0n) is 13.5. The van der Waals surface area contributed by atoms with Gasteiger partial charge in [0.1, 0.15) is 22.1 Å². The monoisotopic (exact) mass is 387 g/mol. The van der Waals surface area contributed by atoms with E-state index in [1.54, 1.807) is 0 Å². The van der Waals surface area contributed by atoms with Crippen LogP contribution in [0, 0.1) is 17.0 Å². The van der Waals surface area contributed by atoms with Crippen LogP contribution in [-0.2, 0) is 10.1 Å². The number of ether oxygens (including phenoxy) is 2. The number of methoxy groups -OCH3 is 2. The molecule has 0 aliphatic carbocycles. The molecule has 2 aromatic carbocycles. The van der Waals surface area contributed by atoms with Gasteiger partial charge in [-0.15, -0.1) is 0 Å². The molecule has 0 fully saturated rings. The average molecular weight is 388 g/mol. The van der Waals surface area contributed by atoms with Gasteiger partial charge in [-0.05, 0) is 13.0 Å². The van der Waals surface area contributed by atoms with Crippen molar-refractivity contribution in [1.29, 1.82) is 0 Å². The van der Waals surface area contributed by atoms with Crippen LogP contribution < -0.4 is 13.7 Å². The fraction of sp³-hybridized carbons (Fsp3) is 0.200. The Kier molecular flexibility index (Phi) is 5.39. The highest BCUT2D eigenvalue weighted by Gasteiger charge is 2.24. The van der Waals surface area contributed by atoms with Gasteiger partial charge < -0.3 is 13.7 Å². The predicted octanol–water partition coefficient (Wildman–Crippen LogP) is 3.34. The van der Waals surface area contributed by atoms with Crippen molar-refractivity contribution in [1.82, 2.24) is 0 Å². The van der Waals surface area contributed by atoms with Gasteiger partial charge in [-0.3, -0.25) is 10.1 Å². The van der Waals surface area contributed by atoms with Crippen LogP contribution in [0.4, 0.5) is 5.69 Å². The van der Waals surface area contributed by atoms with Crippen molar-refractivity contribution in [3.8, 4) is 17.2 Å². The first-order valence-electron chi connectivity index (χ1n) is 6.80. The van der Waals surface area contributed by atoms with Crippen molar-refractivity contribution in [2.75, 3.05) is 14.2 Å². The summed E-state index contributed by atoms with van der Waals surface area (Å²) in [6.45, 7) is 1.42. The first kappa shape index (κ1) is 18.8. The molecule has 0 aromatic heterocycles. The molecule has 0 unspecified atom stereocenters. The quantitative estimate of drug-likeness (QED) is 0.425. The molecule has 25 heavy (non-hydrogen) atoms. The van der Waals surface area contributed by atoms with Crippen LogP contribution in [0.25, 0.3) is 0 Å². The fourth-order valence-corrected chi connectivity index (χ4v) is 3.22. The molecule has 2 rings (SSSR count). The topological polar surface area (TPSA) is 105 Å². The van der Waals surface area contributed by atoms with Crippen LogP contribution >= 0.6 is 11.6 Å². The highest BCUT2D eigenvalue weighted by molar-refractivity contribution is 7.87. The van der Waals surface area contributed by atoms with Crippen LogP contribution in [0.3, 0.4) is 0 Å². The van der Waals surface area contributed by atoms with E-state index >= 15 is 0 Å². The first-order valence-corrected chi connectivity index (χ1v) is 8.58. The van der Waals surface area contributed by atoms with Gasteiger partial charge in [0.15, 0.2) is 0 Å². The van der Waals surface area contributed by atoms with E-state index in [9.17, 15) is 18.5 Å². The second-order valence-electron chi connectivity index (χ2n) is 4.89. The summed E-state index contributed by atoms with van der Waals surface area (Å²) in [6, 6.07) is 6.20. The minimum Gasteiger partial charge on any atom is -0.496 e. The third-order valence-corrected chi connectivity index (χ3v) is 4.92. The van der Waals surface area contributed by atoms with E-state index in [1.807, 2.05) is 0 Å². The molecule has 8 nitrogen and oxygen atoms in total. The largest absolute Gasteiger partial charge is 0.496 e. The van der Waals surface area contributed by atoms with Crippen molar-refractivity contribution >= 4 is 27.4 Å². The summed E-state index contributed by atoms with van der Waals surface area (Å²) >= 11 is 5.90. The third kappa shape index (κ3) is 4.12. The van der Waals surface area contributed by atoms with Crippen LogP contribution in [0.15, 0.2) is 35.2 Å². The Balaban J connectivity index is 2.48. The highest BCUT2D eigenvalue weighted by Crippen LogP contribution is 2.33. The Morgan fingerprint density at radius 2 is 1.52 bits per heavy atom. The Hall–Kier alpha value is -2.52. The van der Waals surface area contributed by atoms with Gasteiger partial charge in [-0.1, -0.05) is 11.6 Å². The maximum absolute atomic E-state index is 12.5. The lowest BCUT2D eigenvalue weighted by molar-refractivity contribution is -0.385.